The molecule has 2 nitrogen and oxygen atoms in total. The molecule has 1 aromatic heterocycles. The van der Waals surface area contributed by atoms with Crippen molar-refractivity contribution in [2.45, 2.75) is 19.9 Å². The minimum Gasteiger partial charge on any atom is -0.466 e. The first-order chi connectivity index (χ1) is 9.70. The van der Waals surface area contributed by atoms with E-state index in [0.29, 0.717) is 0 Å². The first-order valence-electron chi connectivity index (χ1n) is 6.92. The molecule has 102 valence electrons. The zero-order chi connectivity index (χ0) is 14.1. The Bertz CT molecular complexity index is 737. The highest BCUT2D eigenvalue weighted by atomic mass is 16.3. The lowest BCUT2D eigenvalue weighted by Gasteiger charge is -2.18. The molecule has 1 N–H and O–H groups in total. The summed E-state index contributed by atoms with van der Waals surface area (Å²) >= 11 is 0. The molecule has 0 bridgehead atoms. The summed E-state index contributed by atoms with van der Waals surface area (Å²) in [6.45, 7) is 4.02. The molecule has 2 aromatic carbocycles. The first-order valence-corrected chi connectivity index (χ1v) is 6.92. The molecule has 0 spiro atoms. The Hall–Kier alpha value is -2.06. The number of nitrogens with one attached hydrogen (secondary N) is 1. The van der Waals surface area contributed by atoms with Crippen LogP contribution in [0.15, 0.2) is 52.9 Å². The van der Waals surface area contributed by atoms with Gasteiger partial charge in [0.2, 0.25) is 0 Å². The van der Waals surface area contributed by atoms with E-state index in [0.717, 1.165) is 11.5 Å². The molecule has 2 heteroatoms. The third kappa shape index (κ3) is 2.12. The molecule has 1 heterocycles. The molecular weight excluding hydrogens is 246 g/mol. The molecule has 0 aliphatic carbocycles. The molecule has 0 radical (unpaired) electrons. The minimum atomic E-state index is 0.151. The SMILES string of the molecule is CNC(c1cc(C)oc1C)c1cccc2ccccc12. The fourth-order valence-corrected chi connectivity index (χ4v) is 2.92. The summed E-state index contributed by atoms with van der Waals surface area (Å²) in [6, 6.07) is 17.2. The van der Waals surface area contributed by atoms with E-state index < -0.39 is 0 Å². The Balaban J connectivity index is 2.19. The fourth-order valence-electron chi connectivity index (χ4n) is 2.92. The lowest BCUT2D eigenvalue weighted by molar-refractivity contribution is 0.497. The van der Waals surface area contributed by atoms with E-state index >= 15 is 0 Å². The lowest BCUT2D eigenvalue weighted by atomic mass is 9.94. The van der Waals surface area contributed by atoms with Crippen molar-refractivity contribution in [2.24, 2.45) is 0 Å². The molecule has 0 amide bonds. The molecular formula is C18H19NO. The quantitative estimate of drug-likeness (QED) is 0.761. The van der Waals surface area contributed by atoms with Crippen LogP contribution in [0.1, 0.15) is 28.7 Å². The van der Waals surface area contributed by atoms with E-state index in [1.165, 1.54) is 21.9 Å². The largest absolute Gasteiger partial charge is 0.466 e. The van der Waals surface area contributed by atoms with Crippen molar-refractivity contribution in [1.82, 2.24) is 5.32 Å². The number of benzene rings is 2. The second kappa shape index (κ2) is 5.14. The topological polar surface area (TPSA) is 25.2 Å². The first kappa shape index (κ1) is 12.9. The number of rotatable bonds is 3. The van der Waals surface area contributed by atoms with Gasteiger partial charge in [-0.2, -0.15) is 0 Å². The molecule has 0 saturated carbocycles. The standard InChI is InChI=1S/C18H19NO/c1-12-11-17(13(2)20-12)18(19-3)16-10-6-8-14-7-4-5-9-15(14)16/h4-11,18-19H,1-3H3. The highest BCUT2D eigenvalue weighted by Gasteiger charge is 2.19. The van der Waals surface area contributed by atoms with Crippen molar-refractivity contribution in [3.8, 4) is 0 Å². The predicted molar refractivity (Wildman–Crippen MR) is 83.0 cm³/mol. The van der Waals surface area contributed by atoms with Crippen LogP contribution in [-0.2, 0) is 0 Å². The Morgan fingerprint density at radius 1 is 0.950 bits per heavy atom. The molecule has 1 atom stereocenters. The van der Waals surface area contributed by atoms with Gasteiger partial charge in [0.05, 0.1) is 6.04 Å². The molecule has 0 aliphatic heterocycles. The summed E-state index contributed by atoms with van der Waals surface area (Å²) in [6.07, 6.45) is 0. The van der Waals surface area contributed by atoms with Crippen LogP contribution in [0.3, 0.4) is 0 Å². The van der Waals surface area contributed by atoms with E-state index in [-0.39, 0.29) is 6.04 Å². The zero-order valence-electron chi connectivity index (χ0n) is 12.1. The van der Waals surface area contributed by atoms with E-state index in [4.69, 9.17) is 4.42 Å². The Morgan fingerprint density at radius 3 is 2.40 bits per heavy atom. The maximum Gasteiger partial charge on any atom is 0.106 e. The number of hydrogen-bond acceptors (Lipinski definition) is 2. The van der Waals surface area contributed by atoms with Gasteiger partial charge in [0, 0.05) is 5.56 Å². The molecule has 20 heavy (non-hydrogen) atoms. The van der Waals surface area contributed by atoms with Crippen LogP contribution in [0.4, 0.5) is 0 Å². The highest BCUT2D eigenvalue weighted by Crippen LogP contribution is 2.31. The Kier molecular flexibility index (Phi) is 3.33. The van der Waals surface area contributed by atoms with Crippen LogP contribution >= 0.6 is 0 Å². The molecule has 3 rings (SSSR count). The van der Waals surface area contributed by atoms with Crippen molar-refractivity contribution in [3.63, 3.8) is 0 Å². The van der Waals surface area contributed by atoms with E-state index in [1.807, 2.05) is 20.9 Å². The van der Waals surface area contributed by atoms with Crippen LogP contribution in [-0.4, -0.2) is 7.05 Å². The van der Waals surface area contributed by atoms with Gasteiger partial charge < -0.3 is 9.73 Å². The summed E-state index contributed by atoms with van der Waals surface area (Å²) in [5.74, 6) is 1.94. The fraction of sp³-hybridized carbons (Fsp3) is 0.222. The van der Waals surface area contributed by atoms with Crippen LogP contribution in [0.2, 0.25) is 0 Å². The predicted octanol–water partition coefficient (Wildman–Crippen LogP) is 4.36. The van der Waals surface area contributed by atoms with Crippen LogP contribution in [0, 0.1) is 13.8 Å². The molecule has 3 aromatic rings. The summed E-state index contributed by atoms with van der Waals surface area (Å²) < 4.78 is 5.69. The van der Waals surface area contributed by atoms with Crippen LogP contribution in [0.25, 0.3) is 10.8 Å². The van der Waals surface area contributed by atoms with Crippen molar-refractivity contribution in [1.29, 1.82) is 0 Å². The molecule has 1 unspecified atom stereocenters. The smallest absolute Gasteiger partial charge is 0.106 e. The second-order valence-corrected chi connectivity index (χ2v) is 5.16. The number of fused-ring (bicyclic) bond motifs is 1. The van der Waals surface area contributed by atoms with Gasteiger partial charge >= 0.3 is 0 Å². The lowest BCUT2D eigenvalue weighted by Crippen LogP contribution is -2.18. The van der Waals surface area contributed by atoms with Crippen LogP contribution < -0.4 is 5.32 Å². The Labute approximate surface area is 119 Å². The monoisotopic (exact) mass is 265 g/mol. The van der Waals surface area contributed by atoms with Gasteiger partial charge in [-0.3, -0.25) is 0 Å². The molecule has 0 aliphatic rings. The number of aryl methyl sites for hydroxylation is 2. The minimum absolute atomic E-state index is 0.151. The summed E-state index contributed by atoms with van der Waals surface area (Å²) in [5.41, 5.74) is 2.50. The van der Waals surface area contributed by atoms with Crippen molar-refractivity contribution < 1.29 is 4.42 Å². The van der Waals surface area contributed by atoms with Gasteiger partial charge in [-0.25, -0.2) is 0 Å². The maximum absolute atomic E-state index is 5.69. The van der Waals surface area contributed by atoms with Gasteiger partial charge in [-0.15, -0.1) is 0 Å². The second-order valence-electron chi connectivity index (χ2n) is 5.16. The van der Waals surface area contributed by atoms with Crippen molar-refractivity contribution in [2.75, 3.05) is 7.05 Å². The summed E-state index contributed by atoms with van der Waals surface area (Å²) in [4.78, 5) is 0. The van der Waals surface area contributed by atoms with E-state index in [2.05, 4.69) is 53.8 Å². The normalized spacial score (nSPS) is 12.8. The van der Waals surface area contributed by atoms with E-state index in [1.54, 1.807) is 0 Å². The van der Waals surface area contributed by atoms with Crippen molar-refractivity contribution in [3.05, 3.63) is 71.2 Å². The third-order valence-electron chi connectivity index (χ3n) is 3.81. The average Bonchev–Trinajstić information content (AvgIpc) is 2.79. The Morgan fingerprint density at radius 2 is 1.70 bits per heavy atom. The zero-order valence-corrected chi connectivity index (χ0v) is 12.1. The average molecular weight is 265 g/mol. The maximum atomic E-state index is 5.69. The number of furan rings is 1. The third-order valence-corrected chi connectivity index (χ3v) is 3.81. The van der Waals surface area contributed by atoms with Gasteiger partial charge in [0.15, 0.2) is 0 Å². The van der Waals surface area contributed by atoms with Crippen molar-refractivity contribution >= 4 is 10.8 Å². The highest BCUT2D eigenvalue weighted by molar-refractivity contribution is 5.86. The summed E-state index contributed by atoms with van der Waals surface area (Å²) in [5, 5.41) is 5.97. The van der Waals surface area contributed by atoms with E-state index in [9.17, 15) is 0 Å². The van der Waals surface area contributed by atoms with Crippen LogP contribution in [0.5, 0.6) is 0 Å². The van der Waals surface area contributed by atoms with Gasteiger partial charge in [-0.05, 0) is 43.3 Å². The molecule has 0 saturated heterocycles. The number of hydrogen-bond donors (Lipinski definition) is 1. The van der Waals surface area contributed by atoms with Gasteiger partial charge in [0.1, 0.15) is 11.5 Å². The summed E-state index contributed by atoms with van der Waals surface area (Å²) in [7, 11) is 1.99. The van der Waals surface area contributed by atoms with Gasteiger partial charge in [-0.1, -0.05) is 42.5 Å². The molecule has 0 fully saturated rings. The van der Waals surface area contributed by atoms with Gasteiger partial charge in [0.25, 0.3) is 0 Å².